The van der Waals surface area contributed by atoms with Crippen LogP contribution in [-0.4, -0.2) is 0 Å². The maximum atomic E-state index is 4.25. The van der Waals surface area contributed by atoms with E-state index in [2.05, 4.69) is 13.2 Å². The van der Waals surface area contributed by atoms with Gasteiger partial charge in [-0.3, -0.25) is 6.58 Å². The van der Waals surface area contributed by atoms with Gasteiger partial charge in [0.1, 0.15) is 0 Å². The molecule has 0 fully saturated rings. The van der Waals surface area contributed by atoms with Crippen LogP contribution in [0.2, 0.25) is 0 Å². The normalized spacial score (nSPS) is 1.00. The predicted octanol–water partition coefficient (Wildman–Crippen LogP) is 0.600. The zero-order valence-electron chi connectivity index (χ0n) is 1.92. The molecule has 2 heteroatoms. The van der Waals surface area contributed by atoms with E-state index < -0.39 is 0 Å². The Morgan fingerprint density at radius 2 is 1.00 bits per heavy atom. The first-order valence-electron chi connectivity index (χ1n) is 0.408. The van der Waals surface area contributed by atoms with Crippen molar-refractivity contribution in [2.45, 2.75) is 0 Å². The molecule has 0 aliphatic rings. The zero-order valence-corrected chi connectivity index (χ0v) is 6.46. The summed E-state index contributed by atoms with van der Waals surface area (Å²) in [7, 11) is 0. The second-order valence-electron chi connectivity index (χ2n) is 0. The molecule has 0 saturated carbocycles. The van der Waals surface area contributed by atoms with E-state index in [9.17, 15) is 0 Å². The SMILES string of the molecule is [CH-]=C.[Pt].[Pt]. The third-order valence-corrected chi connectivity index (χ3v) is 0. The van der Waals surface area contributed by atoms with Crippen molar-refractivity contribution in [3.63, 3.8) is 0 Å². The monoisotopic (exact) mass is 417 g/mol. The molecule has 0 atom stereocenters. The van der Waals surface area contributed by atoms with Crippen molar-refractivity contribution in [3.8, 4) is 0 Å². The maximum Gasteiger partial charge on any atom is 0 e. The van der Waals surface area contributed by atoms with Crippen molar-refractivity contribution in [3.05, 3.63) is 13.2 Å². The fourth-order valence-corrected chi connectivity index (χ4v) is 0. The maximum absolute atomic E-state index is 4.25. The van der Waals surface area contributed by atoms with E-state index in [-0.39, 0.29) is 42.1 Å². The molecule has 0 spiro atoms. The van der Waals surface area contributed by atoms with Crippen LogP contribution in [0.3, 0.4) is 0 Å². The summed E-state index contributed by atoms with van der Waals surface area (Å²) in [4.78, 5) is 0. The summed E-state index contributed by atoms with van der Waals surface area (Å²) in [5, 5.41) is 0. The van der Waals surface area contributed by atoms with Crippen molar-refractivity contribution >= 4 is 0 Å². The van der Waals surface area contributed by atoms with E-state index in [4.69, 9.17) is 0 Å². The van der Waals surface area contributed by atoms with E-state index in [1.165, 1.54) is 0 Å². The average molecular weight is 417 g/mol. The van der Waals surface area contributed by atoms with Crippen LogP contribution in [0.1, 0.15) is 0 Å². The van der Waals surface area contributed by atoms with Crippen LogP contribution in [-0.2, 0) is 42.1 Å². The topological polar surface area (TPSA) is 0 Å². The van der Waals surface area contributed by atoms with E-state index in [0.717, 1.165) is 0 Å². The van der Waals surface area contributed by atoms with Crippen LogP contribution >= 0.6 is 0 Å². The third-order valence-electron chi connectivity index (χ3n) is 0. The van der Waals surface area contributed by atoms with E-state index in [0.29, 0.717) is 0 Å². The first-order chi connectivity index (χ1) is 1.00. The number of rotatable bonds is 0. The summed E-state index contributed by atoms with van der Waals surface area (Å²) in [6.07, 6.45) is 0. The Balaban J connectivity index is -0.00000000500. The first-order valence-corrected chi connectivity index (χ1v) is 0.408. The largest absolute Gasteiger partial charge is 0.521 e. The molecule has 0 heterocycles. The molecule has 0 aliphatic heterocycles. The van der Waals surface area contributed by atoms with Gasteiger partial charge in [0, 0.05) is 42.1 Å². The fourth-order valence-electron chi connectivity index (χ4n) is 0. The van der Waals surface area contributed by atoms with Gasteiger partial charge in [0.15, 0.2) is 0 Å². The van der Waals surface area contributed by atoms with Gasteiger partial charge in [0.05, 0.1) is 0 Å². The third kappa shape index (κ3) is 11.2. The average Bonchev–Trinajstić information content (AvgIpc) is 1.00. The Kier molecular flexibility index (Phi) is 155. The molecule has 0 radical (unpaired) electrons. The van der Waals surface area contributed by atoms with Gasteiger partial charge >= 0.3 is 0 Å². The van der Waals surface area contributed by atoms with Crippen molar-refractivity contribution in [1.29, 1.82) is 0 Å². The fraction of sp³-hybridized carbons (Fsp3) is 0. The summed E-state index contributed by atoms with van der Waals surface area (Å²) < 4.78 is 0. The second kappa shape index (κ2) is 32.1. The molecule has 4 heavy (non-hydrogen) atoms. The molecule has 0 nitrogen and oxygen atoms in total. The van der Waals surface area contributed by atoms with E-state index >= 15 is 0 Å². The molecule has 0 aromatic carbocycles. The Morgan fingerprint density at radius 1 is 1.00 bits per heavy atom. The smallest absolute Gasteiger partial charge is 0 e. The Labute approximate surface area is 55.2 Å². The molecule has 0 unspecified atom stereocenters. The van der Waals surface area contributed by atoms with Crippen LogP contribution in [0.5, 0.6) is 0 Å². The van der Waals surface area contributed by atoms with E-state index in [1.54, 1.807) is 0 Å². The van der Waals surface area contributed by atoms with Gasteiger partial charge in [-0.05, 0) is 0 Å². The van der Waals surface area contributed by atoms with Crippen molar-refractivity contribution in [2.24, 2.45) is 0 Å². The minimum atomic E-state index is 0. The van der Waals surface area contributed by atoms with Crippen LogP contribution < -0.4 is 0 Å². The first kappa shape index (κ1) is 19.4. The van der Waals surface area contributed by atoms with Crippen molar-refractivity contribution in [2.75, 3.05) is 0 Å². The van der Waals surface area contributed by atoms with Gasteiger partial charge in [-0.2, -0.15) is 0 Å². The van der Waals surface area contributed by atoms with Crippen molar-refractivity contribution < 1.29 is 42.1 Å². The van der Waals surface area contributed by atoms with Gasteiger partial charge < -0.3 is 6.58 Å². The number of hydrogen-bond acceptors (Lipinski definition) is 0. The Bertz CT molecular complexity index is 4.00. The second-order valence-corrected chi connectivity index (χ2v) is 0. The van der Waals surface area contributed by atoms with Crippen LogP contribution in [0, 0.1) is 6.58 Å². The molecule has 0 rings (SSSR count). The molecule has 0 saturated heterocycles. The zero-order chi connectivity index (χ0) is 2.00. The predicted molar refractivity (Wildman–Crippen MR) is 9.93 cm³/mol. The molecular weight excluding hydrogens is 414 g/mol. The standard InChI is InChI=1S/C2H3.2Pt/c1-2;;/h1H,2H2;;/q-1;;. The molecule has 0 aliphatic carbocycles. The molecular formula is C2H3Pt2-. The minimum Gasteiger partial charge on any atom is -0.521 e. The van der Waals surface area contributed by atoms with Gasteiger partial charge in [0.25, 0.3) is 0 Å². The molecule has 32 valence electrons. The summed E-state index contributed by atoms with van der Waals surface area (Å²) >= 11 is 0. The van der Waals surface area contributed by atoms with Crippen LogP contribution in [0.4, 0.5) is 0 Å². The Hall–Kier alpha value is 1.12. The Morgan fingerprint density at radius 3 is 1.00 bits per heavy atom. The van der Waals surface area contributed by atoms with Gasteiger partial charge in [-0.1, -0.05) is 0 Å². The summed E-state index contributed by atoms with van der Waals surface area (Å²) in [6, 6.07) is 0. The summed E-state index contributed by atoms with van der Waals surface area (Å²) in [5.74, 6) is 0. The molecule has 0 aromatic heterocycles. The quantitative estimate of drug-likeness (QED) is 0.507. The summed E-state index contributed by atoms with van der Waals surface area (Å²) in [5.41, 5.74) is 0. The van der Waals surface area contributed by atoms with Crippen LogP contribution in [0.25, 0.3) is 0 Å². The minimum absolute atomic E-state index is 0. The van der Waals surface area contributed by atoms with Gasteiger partial charge in [-0.15, -0.1) is 0 Å². The van der Waals surface area contributed by atoms with Crippen molar-refractivity contribution in [1.82, 2.24) is 0 Å². The number of hydrogen-bond donors (Lipinski definition) is 0. The molecule has 0 amide bonds. The van der Waals surface area contributed by atoms with E-state index in [1.807, 2.05) is 0 Å². The van der Waals surface area contributed by atoms with Gasteiger partial charge in [0.2, 0.25) is 0 Å². The molecule has 0 N–H and O–H groups in total. The molecule has 0 aromatic rings. The van der Waals surface area contributed by atoms with Gasteiger partial charge in [-0.25, -0.2) is 0 Å². The molecule has 0 bridgehead atoms. The van der Waals surface area contributed by atoms with Crippen LogP contribution in [0.15, 0.2) is 6.58 Å². The summed E-state index contributed by atoms with van der Waals surface area (Å²) in [6.45, 7) is 7.00.